The van der Waals surface area contributed by atoms with Gasteiger partial charge >= 0.3 is 0 Å². The van der Waals surface area contributed by atoms with Gasteiger partial charge in [0, 0.05) is 10.5 Å². The fraction of sp³-hybridized carbons (Fsp3) is 0.167. The van der Waals surface area contributed by atoms with Crippen molar-refractivity contribution < 1.29 is 4.39 Å². The topological polar surface area (TPSA) is 12.9 Å². The van der Waals surface area contributed by atoms with Gasteiger partial charge in [-0.05, 0) is 26.0 Å². The van der Waals surface area contributed by atoms with Crippen molar-refractivity contribution in [3.8, 4) is 0 Å². The van der Waals surface area contributed by atoms with Gasteiger partial charge in [-0.1, -0.05) is 24.3 Å². The third kappa shape index (κ3) is 3.17. The van der Waals surface area contributed by atoms with Crippen molar-refractivity contribution in [3.63, 3.8) is 0 Å². The van der Waals surface area contributed by atoms with Gasteiger partial charge in [-0.15, -0.1) is 17.1 Å². The molecule has 1 heterocycles. The molecule has 16 heavy (non-hydrogen) atoms. The third-order valence-electron chi connectivity index (χ3n) is 1.81. The Hall–Kier alpha value is -1.15. The molecule has 0 N–H and O–H groups in total. The van der Waals surface area contributed by atoms with Crippen LogP contribution in [0.2, 0.25) is 5.15 Å². The molecular weight excluding hydrogens is 245 g/mol. The molecule has 0 spiro atoms. The summed E-state index contributed by atoms with van der Waals surface area (Å²) in [5.41, 5.74) is 3.23. The summed E-state index contributed by atoms with van der Waals surface area (Å²) in [5.74, 6) is -0.328. The number of thiazole rings is 1. The fourth-order valence-corrected chi connectivity index (χ4v) is 2.05. The SMILES string of the molecule is C=C=C/C(=C\C(F)=C/C)c1nc(Cl)c(C)s1. The van der Waals surface area contributed by atoms with Gasteiger partial charge in [0.25, 0.3) is 0 Å². The summed E-state index contributed by atoms with van der Waals surface area (Å²) >= 11 is 7.27. The Morgan fingerprint density at radius 1 is 1.62 bits per heavy atom. The minimum atomic E-state index is -0.328. The zero-order valence-electron chi connectivity index (χ0n) is 9.05. The maximum atomic E-state index is 13.2. The monoisotopic (exact) mass is 255 g/mol. The highest BCUT2D eigenvalue weighted by atomic mass is 35.5. The van der Waals surface area contributed by atoms with Crippen LogP contribution >= 0.6 is 22.9 Å². The second kappa shape index (κ2) is 5.80. The molecule has 0 atom stereocenters. The second-order valence-electron chi connectivity index (χ2n) is 2.99. The van der Waals surface area contributed by atoms with Crippen LogP contribution in [-0.4, -0.2) is 4.98 Å². The lowest BCUT2D eigenvalue weighted by atomic mass is 10.2. The lowest BCUT2D eigenvalue weighted by Gasteiger charge is -1.94. The molecule has 4 heteroatoms. The van der Waals surface area contributed by atoms with Gasteiger partial charge in [-0.25, -0.2) is 9.37 Å². The van der Waals surface area contributed by atoms with Gasteiger partial charge in [-0.2, -0.15) is 0 Å². The van der Waals surface area contributed by atoms with Gasteiger partial charge in [0.05, 0.1) is 0 Å². The van der Waals surface area contributed by atoms with E-state index >= 15 is 0 Å². The van der Waals surface area contributed by atoms with Crippen molar-refractivity contribution in [2.75, 3.05) is 0 Å². The number of hydrogen-bond donors (Lipinski definition) is 0. The Bertz CT molecular complexity index is 474. The summed E-state index contributed by atoms with van der Waals surface area (Å²) < 4.78 is 13.2. The average molecular weight is 256 g/mol. The number of nitrogens with zero attached hydrogens (tertiary/aromatic N) is 1. The first-order valence-corrected chi connectivity index (χ1v) is 5.80. The summed E-state index contributed by atoms with van der Waals surface area (Å²) in [4.78, 5) is 5.04. The van der Waals surface area contributed by atoms with E-state index in [0.717, 1.165) is 4.88 Å². The van der Waals surface area contributed by atoms with Crippen LogP contribution in [-0.2, 0) is 0 Å². The highest BCUT2D eigenvalue weighted by molar-refractivity contribution is 7.13. The van der Waals surface area contributed by atoms with Crippen LogP contribution in [0.25, 0.3) is 5.57 Å². The predicted octanol–water partition coefficient (Wildman–Crippen LogP) is 4.70. The number of allylic oxidation sites excluding steroid dienone is 5. The van der Waals surface area contributed by atoms with E-state index in [1.165, 1.54) is 23.5 Å². The summed E-state index contributed by atoms with van der Waals surface area (Å²) in [6.45, 7) is 6.96. The highest BCUT2D eigenvalue weighted by Gasteiger charge is 2.08. The molecule has 1 aromatic rings. The normalized spacial score (nSPS) is 12.5. The van der Waals surface area contributed by atoms with Crippen molar-refractivity contribution in [1.29, 1.82) is 0 Å². The number of aryl methyl sites for hydroxylation is 1. The molecule has 1 rings (SSSR count). The predicted molar refractivity (Wildman–Crippen MR) is 68.4 cm³/mol. The summed E-state index contributed by atoms with van der Waals surface area (Å²) in [7, 11) is 0. The summed E-state index contributed by atoms with van der Waals surface area (Å²) in [6.07, 6.45) is 4.34. The average Bonchev–Trinajstić information content (AvgIpc) is 2.58. The molecule has 0 unspecified atom stereocenters. The molecule has 84 valence electrons. The first-order valence-electron chi connectivity index (χ1n) is 4.61. The molecule has 0 aliphatic heterocycles. The first kappa shape index (κ1) is 12.9. The van der Waals surface area contributed by atoms with Crippen LogP contribution in [0.15, 0.2) is 36.4 Å². The van der Waals surface area contributed by atoms with Gasteiger partial charge < -0.3 is 0 Å². The largest absolute Gasteiger partial charge is 0.224 e. The zero-order valence-corrected chi connectivity index (χ0v) is 10.6. The van der Waals surface area contributed by atoms with Gasteiger partial charge in [-0.3, -0.25) is 0 Å². The summed E-state index contributed by atoms with van der Waals surface area (Å²) in [6, 6.07) is 0. The maximum absolute atomic E-state index is 13.2. The van der Waals surface area contributed by atoms with E-state index in [4.69, 9.17) is 11.6 Å². The number of aromatic nitrogens is 1. The van der Waals surface area contributed by atoms with Crippen LogP contribution in [0, 0.1) is 6.92 Å². The Morgan fingerprint density at radius 2 is 2.31 bits per heavy atom. The van der Waals surface area contributed by atoms with Crippen LogP contribution in [0.1, 0.15) is 16.8 Å². The lowest BCUT2D eigenvalue weighted by Crippen LogP contribution is -1.79. The van der Waals surface area contributed by atoms with Crippen molar-refractivity contribution in [2.45, 2.75) is 13.8 Å². The van der Waals surface area contributed by atoms with Gasteiger partial charge in [0.2, 0.25) is 0 Å². The van der Waals surface area contributed by atoms with Crippen molar-refractivity contribution in [2.24, 2.45) is 0 Å². The van der Waals surface area contributed by atoms with Crippen LogP contribution < -0.4 is 0 Å². The number of halogens is 2. The molecule has 0 radical (unpaired) electrons. The minimum absolute atomic E-state index is 0.328. The van der Waals surface area contributed by atoms with E-state index in [-0.39, 0.29) is 5.83 Å². The van der Waals surface area contributed by atoms with Gasteiger partial charge in [0.15, 0.2) is 0 Å². The van der Waals surface area contributed by atoms with E-state index in [9.17, 15) is 4.39 Å². The molecule has 0 aliphatic rings. The van der Waals surface area contributed by atoms with E-state index in [0.29, 0.717) is 15.7 Å². The molecule has 0 saturated carbocycles. The molecule has 0 bridgehead atoms. The summed E-state index contributed by atoms with van der Waals surface area (Å²) in [5, 5.41) is 1.11. The second-order valence-corrected chi connectivity index (χ2v) is 4.55. The van der Waals surface area contributed by atoms with E-state index in [2.05, 4.69) is 17.3 Å². The molecule has 0 saturated heterocycles. The Kier molecular flexibility index (Phi) is 4.69. The smallest absolute Gasteiger partial charge is 0.143 e. The van der Waals surface area contributed by atoms with Crippen molar-refractivity contribution >= 4 is 28.5 Å². The maximum Gasteiger partial charge on any atom is 0.143 e. The molecule has 0 aliphatic carbocycles. The van der Waals surface area contributed by atoms with Crippen molar-refractivity contribution in [1.82, 2.24) is 4.98 Å². The first-order chi connectivity index (χ1) is 7.58. The molecule has 1 aromatic heterocycles. The third-order valence-corrected chi connectivity index (χ3v) is 3.31. The molecule has 0 fully saturated rings. The van der Waals surface area contributed by atoms with Gasteiger partial charge in [0.1, 0.15) is 16.0 Å². The van der Waals surface area contributed by atoms with E-state index in [1.54, 1.807) is 13.0 Å². The fourth-order valence-electron chi connectivity index (χ4n) is 1.01. The standard InChI is InChI=1S/C12H11ClFNS/c1-4-6-9(7-10(14)5-2)12-15-11(13)8(3)16-12/h5-7H,1H2,2-3H3/b9-7+,10-5+. The minimum Gasteiger partial charge on any atom is -0.224 e. The molecule has 1 nitrogen and oxygen atoms in total. The Balaban J connectivity index is 3.22. The van der Waals surface area contributed by atoms with Crippen LogP contribution in [0.5, 0.6) is 0 Å². The van der Waals surface area contributed by atoms with Crippen LogP contribution in [0.4, 0.5) is 4.39 Å². The molecule has 0 amide bonds. The molecular formula is C12H11ClFNS. The highest BCUT2D eigenvalue weighted by Crippen LogP contribution is 2.28. The quantitative estimate of drug-likeness (QED) is 0.563. The lowest BCUT2D eigenvalue weighted by molar-refractivity contribution is 0.665. The van der Waals surface area contributed by atoms with Crippen LogP contribution in [0.3, 0.4) is 0 Å². The number of rotatable bonds is 3. The zero-order chi connectivity index (χ0) is 12.1. The number of hydrogen-bond acceptors (Lipinski definition) is 2. The van der Waals surface area contributed by atoms with Crippen molar-refractivity contribution in [3.05, 3.63) is 51.4 Å². The Morgan fingerprint density at radius 3 is 2.75 bits per heavy atom. The van der Waals surface area contributed by atoms with E-state index in [1.807, 2.05) is 6.92 Å². The molecule has 0 aromatic carbocycles. The Labute approximate surface area is 103 Å². The van der Waals surface area contributed by atoms with E-state index < -0.39 is 0 Å².